The second-order valence-corrected chi connectivity index (χ2v) is 5.24. The predicted octanol–water partition coefficient (Wildman–Crippen LogP) is 2.79. The van der Waals surface area contributed by atoms with E-state index in [1.54, 1.807) is 0 Å². The first-order chi connectivity index (χ1) is 7.19. The largest absolute Gasteiger partial charge is 0.254 e. The van der Waals surface area contributed by atoms with Crippen molar-refractivity contribution in [2.75, 3.05) is 0 Å². The van der Waals surface area contributed by atoms with Crippen LogP contribution in [-0.4, -0.2) is 9.46 Å². The quantitative estimate of drug-likeness (QED) is 0.784. The van der Waals surface area contributed by atoms with Crippen molar-refractivity contribution in [3.8, 4) is 6.07 Å². The van der Waals surface area contributed by atoms with Gasteiger partial charge in [0.2, 0.25) is 0 Å². The minimum absolute atomic E-state index is 0.0446. The average molecular weight is 221 g/mol. The van der Waals surface area contributed by atoms with E-state index < -0.39 is 10.8 Å². The van der Waals surface area contributed by atoms with Crippen LogP contribution in [0.15, 0.2) is 29.2 Å². The number of benzene rings is 1. The Morgan fingerprint density at radius 2 is 2.27 bits per heavy atom. The predicted molar refractivity (Wildman–Crippen MR) is 61.9 cm³/mol. The summed E-state index contributed by atoms with van der Waals surface area (Å²) >= 11 is 0. The van der Waals surface area contributed by atoms with Gasteiger partial charge in [-0.3, -0.25) is 4.21 Å². The lowest BCUT2D eigenvalue weighted by Gasteiger charge is -2.11. The molecule has 0 fully saturated rings. The molecular weight excluding hydrogens is 206 g/mol. The maximum atomic E-state index is 12.1. The van der Waals surface area contributed by atoms with Gasteiger partial charge in [0, 0.05) is 11.3 Å². The monoisotopic (exact) mass is 221 g/mol. The van der Waals surface area contributed by atoms with Crippen LogP contribution < -0.4 is 0 Å². The van der Waals surface area contributed by atoms with Crippen molar-refractivity contribution < 1.29 is 4.21 Å². The molecule has 2 atom stereocenters. The Balaban J connectivity index is 2.88. The molecule has 2 unspecified atom stereocenters. The lowest BCUT2D eigenvalue weighted by Crippen LogP contribution is -2.13. The van der Waals surface area contributed by atoms with Gasteiger partial charge in [-0.25, -0.2) is 0 Å². The van der Waals surface area contributed by atoms with E-state index in [0.717, 1.165) is 16.9 Å². The summed E-state index contributed by atoms with van der Waals surface area (Å²) < 4.78 is 12.1. The minimum atomic E-state index is -1.05. The molecule has 0 amide bonds. The van der Waals surface area contributed by atoms with Gasteiger partial charge in [-0.05, 0) is 31.0 Å². The SMILES string of the molecule is CCC(CC#N)S(=O)c1cccc(C)c1. The van der Waals surface area contributed by atoms with Crippen LogP contribution >= 0.6 is 0 Å². The molecule has 1 aromatic rings. The smallest absolute Gasteiger partial charge is 0.0634 e. The highest BCUT2D eigenvalue weighted by molar-refractivity contribution is 7.85. The van der Waals surface area contributed by atoms with Crippen molar-refractivity contribution in [1.29, 1.82) is 5.26 Å². The molecule has 15 heavy (non-hydrogen) atoms. The highest BCUT2D eigenvalue weighted by Crippen LogP contribution is 2.17. The van der Waals surface area contributed by atoms with Crippen molar-refractivity contribution >= 4 is 10.8 Å². The van der Waals surface area contributed by atoms with Gasteiger partial charge >= 0.3 is 0 Å². The lowest BCUT2D eigenvalue weighted by molar-refractivity contribution is 0.664. The molecule has 1 aromatic carbocycles. The van der Waals surface area contributed by atoms with Gasteiger partial charge in [-0.15, -0.1) is 0 Å². The second kappa shape index (κ2) is 5.67. The van der Waals surface area contributed by atoms with Crippen molar-refractivity contribution in [2.45, 2.75) is 36.8 Å². The van der Waals surface area contributed by atoms with Gasteiger partial charge in [0.15, 0.2) is 0 Å². The molecule has 3 heteroatoms. The van der Waals surface area contributed by atoms with E-state index in [1.165, 1.54) is 0 Å². The molecule has 0 saturated carbocycles. The summed E-state index contributed by atoms with van der Waals surface area (Å²) in [6.07, 6.45) is 1.13. The van der Waals surface area contributed by atoms with Gasteiger partial charge in [0.05, 0.1) is 22.1 Å². The molecule has 1 rings (SSSR count). The molecule has 0 radical (unpaired) electrons. The molecule has 0 bridgehead atoms. The zero-order chi connectivity index (χ0) is 11.3. The molecule has 0 heterocycles. The number of hydrogen-bond donors (Lipinski definition) is 0. The van der Waals surface area contributed by atoms with Gasteiger partial charge in [0.25, 0.3) is 0 Å². The van der Waals surface area contributed by atoms with Crippen LogP contribution in [0.4, 0.5) is 0 Å². The van der Waals surface area contributed by atoms with E-state index in [2.05, 4.69) is 6.07 Å². The van der Waals surface area contributed by atoms with Crippen LogP contribution in [0.1, 0.15) is 25.3 Å². The van der Waals surface area contributed by atoms with E-state index in [9.17, 15) is 4.21 Å². The molecule has 0 aliphatic carbocycles. The molecule has 0 aliphatic heterocycles. The second-order valence-electron chi connectivity index (χ2n) is 3.51. The van der Waals surface area contributed by atoms with Crippen LogP contribution in [0.2, 0.25) is 0 Å². The first-order valence-electron chi connectivity index (χ1n) is 5.03. The molecule has 0 saturated heterocycles. The van der Waals surface area contributed by atoms with Gasteiger partial charge in [-0.1, -0.05) is 19.1 Å². The molecule has 0 N–H and O–H groups in total. The standard InChI is InChI=1S/C12H15NOS/c1-3-11(7-8-13)15(14)12-6-4-5-10(2)9-12/h4-6,9,11H,3,7H2,1-2H3. The number of nitriles is 1. The average Bonchev–Trinajstić information content (AvgIpc) is 2.25. The van der Waals surface area contributed by atoms with Crippen LogP contribution in [0.3, 0.4) is 0 Å². The Morgan fingerprint density at radius 1 is 1.53 bits per heavy atom. The highest BCUT2D eigenvalue weighted by atomic mass is 32.2. The third kappa shape index (κ3) is 3.17. The number of aryl methyl sites for hydroxylation is 1. The molecule has 0 aliphatic rings. The van der Waals surface area contributed by atoms with Crippen molar-refractivity contribution in [1.82, 2.24) is 0 Å². The lowest BCUT2D eigenvalue weighted by atomic mass is 10.2. The van der Waals surface area contributed by atoms with E-state index in [1.807, 2.05) is 38.1 Å². The fourth-order valence-corrected chi connectivity index (χ4v) is 2.83. The molecule has 0 aromatic heterocycles. The number of nitrogens with zero attached hydrogens (tertiary/aromatic N) is 1. The van der Waals surface area contributed by atoms with Crippen LogP contribution in [0, 0.1) is 18.3 Å². The highest BCUT2D eigenvalue weighted by Gasteiger charge is 2.15. The zero-order valence-electron chi connectivity index (χ0n) is 9.06. The first-order valence-corrected chi connectivity index (χ1v) is 6.24. The summed E-state index contributed by atoms with van der Waals surface area (Å²) in [7, 11) is -1.05. The van der Waals surface area contributed by atoms with Gasteiger partial charge in [0.1, 0.15) is 0 Å². The zero-order valence-corrected chi connectivity index (χ0v) is 9.88. The normalized spacial score (nSPS) is 14.2. The van der Waals surface area contributed by atoms with Crippen LogP contribution in [0.25, 0.3) is 0 Å². The van der Waals surface area contributed by atoms with E-state index >= 15 is 0 Å². The Hall–Kier alpha value is -1.14. The van der Waals surface area contributed by atoms with Gasteiger partial charge < -0.3 is 0 Å². The maximum Gasteiger partial charge on any atom is 0.0634 e. The molecular formula is C12H15NOS. The Morgan fingerprint density at radius 3 is 2.80 bits per heavy atom. The summed E-state index contributed by atoms with van der Waals surface area (Å²) in [6.45, 7) is 3.95. The third-order valence-electron chi connectivity index (χ3n) is 2.30. The minimum Gasteiger partial charge on any atom is -0.254 e. The van der Waals surface area contributed by atoms with E-state index in [4.69, 9.17) is 5.26 Å². The Bertz CT molecular complexity index is 395. The summed E-state index contributed by atoms with van der Waals surface area (Å²) in [5, 5.41) is 8.59. The van der Waals surface area contributed by atoms with E-state index in [-0.39, 0.29) is 5.25 Å². The fraction of sp³-hybridized carbons (Fsp3) is 0.417. The summed E-state index contributed by atoms with van der Waals surface area (Å²) in [5.41, 5.74) is 1.10. The number of hydrogen-bond acceptors (Lipinski definition) is 2. The van der Waals surface area contributed by atoms with Crippen molar-refractivity contribution in [2.24, 2.45) is 0 Å². The summed E-state index contributed by atoms with van der Waals surface area (Å²) in [4.78, 5) is 0.831. The Labute approximate surface area is 93.4 Å². The third-order valence-corrected chi connectivity index (χ3v) is 4.12. The summed E-state index contributed by atoms with van der Waals surface area (Å²) in [6, 6.07) is 9.76. The Kier molecular flexibility index (Phi) is 4.51. The van der Waals surface area contributed by atoms with Crippen LogP contribution in [-0.2, 0) is 10.8 Å². The van der Waals surface area contributed by atoms with E-state index in [0.29, 0.717) is 6.42 Å². The number of rotatable bonds is 4. The first kappa shape index (κ1) is 11.9. The molecule has 80 valence electrons. The molecule has 0 spiro atoms. The summed E-state index contributed by atoms with van der Waals surface area (Å²) in [5.74, 6) is 0. The molecule has 2 nitrogen and oxygen atoms in total. The van der Waals surface area contributed by atoms with Gasteiger partial charge in [-0.2, -0.15) is 5.26 Å². The maximum absolute atomic E-state index is 12.1. The van der Waals surface area contributed by atoms with Crippen molar-refractivity contribution in [3.05, 3.63) is 29.8 Å². The topological polar surface area (TPSA) is 40.9 Å². The van der Waals surface area contributed by atoms with Crippen molar-refractivity contribution in [3.63, 3.8) is 0 Å². The fourth-order valence-electron chi connectivity index (χ4n) is 1.41. The van der Waals surface area contributed by atoms with Crippen LogP contribution in [0.5, 0.6) is 0 Å².